The summed E-state index contributed by atoms with van der Waals surface area (Å²) in [5, 5.41) is 55.7. The lowest BCUT2D eigenvalue weighted by Crippen LogP contribution is -2.70. The zero-order chi connectivity index (χ0) is 39.4. The van der Waals surface area contributed by atoms with Gasteiger partial charge in [0.2, 0.25) is 5.79 Å². The van der Waals surface area contributed by atoms with Crippen LogP contribution in [0, 0.1) is 27.9 Å². The van der Waals surface area contributed by atoms with Crippen molar-refractivity contribution in [3.63, 3.8) is 0 Å². The van der Waals surface area contributed by atoms with Crippen LogP contribution >= 0.6 is 0 Å². The molecule has 4 N–H and O–H groups in total. The highest BCUT2D eigenvalue weighted by Crippen LogP contribution is 2.61. The zero-order valence-corrected chi connectivity index (χ0v) is 31.3. The minimum absolute atomic E-state index is 0.0138. The van der Waals surface area contributed by atoms with Gasteiger partial charge in [0.25, 0.3) is 5.69 Å². The van der Waals surface area contributed by atoms with Gasteiger partial charge in [-0.1, -0.05) is 30.1 Å². The molecule has 2 aromatic carbocycles. The minimum atomic E-state index is -1.57. The molecule has 55 heavy (non-hydrogen) atoms. The second-order valence-corrected chi connectivity index (χ2v) is 13.9. The molecule has 15 nitrogen and oxygen atoms in total. The summed E-state index contributed by atoms with van der Waals surface area (Å²) in [5.74, 6) is -1.90. The number of hydrogen-bond acceptors (Lipinski definition) is 13. The lowest BCUT2D eigenvalue weighted by atomic mass is 9.55. The van der Waals surface area contributed by atoms with E-state index in [4.69, 9.17) is 23.8 Å². The van der Waals surface area contributed by atoms with Crippen LogP contribution in [0.4, 0.5) is 10.5 Å². The number of ether oxygens (including phenoxy) is 4. The van der Waals surface area contributed by atoms with E-state index in [0.29, 0.717) is 24.3 Å². The number of fused-ring (bicyclic) bond motifs is 2. The van der Waals surface area contributed by atoms with Gasteiger partial charge in [-0.05, 0) is 80.3 Å². The van der Waals surface area contributed by atoms with E-state index >= 15 is 0 Å². The van der Waals surface area contributed by atoms with E-state index in [0.717, 1.165) is 36.8 Å². The average molecular weight is 768 g/mol. The number of nitro groups is 1. The van der Waals surface area contributed by atoms with Crippen LogP contribution in [0.2, 0.25) is 0 Å². The molecular formula is C40H53N3O12. The van der Waals surface area contributed by atoms with E-state index in [1.54, 1.807) is 24.3 Å². The number of unbranched alkanes of at least 4 members (excludes halogenated alkanes) is 2. The lowest BCUT2D eigenvalue weighted by Gasteiger charge is -2.59. The topological polar surface area (TPSA) is 203 Å². The Balaban J connectivity index is 1.72. The molecule has 6 unspecified atom stereocenters. The van der Waals surface area contributed by atoms with Crippen LogP contribution in [0.25, 0.3) is 0 Å². The Hall–Kier alpha value is -4.54. The molecule has 0 aromatic heterocycles. The Morgan fingerprint density at radius 2 is 1.82 bits per heavy atom. The summed E-state index contributed by atoms with van der Waals surface area (Å²) in [6, 6.07) is 9.21. The average Bonchev–Trinajstić information content (AvgIpc) is 3.18. The number of rotatable bonds is 21. The summed E-state index contributed by atoms with van der Waals surface area (Å²) >= 11 is 0. The molecule has 15 heteroatoms. The molecule has 300 valence electrons. The van der Waals surface area contributed by atoms with Crippen LogP contribution in [-0.2, 0) is 14.3 Å². The molecule has 2 aromatic rings. The van der Waals surface area contributed by atoms with Crippen molar-refractivity contribution < 1.29 is 53.9 Å². The van der Waals surface area contributed by atoms with Crippen molar-refractivity contribution in [1.29, 1.82) is 0 Å². The number of carbonyl (C=O) groups is 1. The maximum absolute atomic E-state index is 14.5. The fourth-order valence-corrected chi connectivity index (χ4v) is 8.30. The molecule has 5 rings (SSSR count). The standard InChI is InChI=1S/C40H53N3O12/c1-3-21-52-40-36(42(17-22-51-23-20-46)39(48)54-30-14-11-28(12-15-30)43(49)50)26-34(41-53-4-2)32-24-27(9-5-7-18-44)31(10-6-8-19-45)37(38(32)40)33-25-29(47)13-16-35(33)55-40/h3,11-16,24-25,27,31,36-38,44-47H,1,4-10,17-23,26H2,2H3. The summed E-state index contributed by atoms with van der Waals surface area (Å²) < 4.78 is 25.4. The van der Waals surface area contributed by atoms with Crippen molar-refractivity contribution in [3.05, 3.63) is 82.4 Å². The van der Waals surface area contributed by atoms with Crippen molar-refractivity contribution >= 4 is 17.5 Å². The maximum Gasteiger partial charge on any atom is 0.415 e. The number of benzene rings is 2. The van der Waals surface area contributed by atoms with E-state index in [-0.39, 0.29) is 94.2 Å². The number of allylic oxidation sites excluding steroid dienone is 1. The number of amides is 1. The third-order valence-electron chi connectivity index (χ3n) is 10.5. The summed E-state index contributed by atoms with van der Waals surface area (Å²) in [6.07, 6.45) is 7.37. The Labute approximate surface area is 320 Å². The number of hydrogen-bond donors (Lipinski definition) is 4. The highest BCUT2D eigenvalue weighted by Gasteiger charge is 2.65. The van der Waals surface area contributed by atoms with Gasteiger partial charge in [-0.3, -0.25) is 15.0 Å². The molecule has 1 fully saturated rings. The molecule has 6 atom stereocenters. The van der Waals surface area contributed by atoms with E-state index < -0.39 is 28.8 Å². The van der Waals surface area contributed by atoms with Gasteiger partial charge in [-0.15, -0.1) is 6.58 Å². The van der Waals surface area contributed by atoms with Crippen molar-refractivity contribution in [2.75, 3.05) is 52.8 Å². The van der Waals surface area contributed by atoms with Crippen molar-refractivity contribution in [3.8, 4) is 17.2 Å². The zero-order valence-electron chi connectivity index (χ0n) is 31.3. The predicted molar refractivity (Wildman–Crippen MR) is 202 cm³/mol. The first-order valence-corrected chi connectivity index (χ1v) is 19.0. The minimum Gasteiger partial charge on any atom is -0.508 e. The number of non-ortho nitro benzene ring substituents is 1. The van der Waals surface area contributed by atoms with Crippen molar-refractivity contribution in [1.82, 2.24) is 4.90 Å². The third-order valence-corrected chi connectivity index (χ3v) is 10.5. The lowest BCUT2D eigenvalue weighted by molar-refractivity contribution is -0.384. The largest absolute Gasteiger partial charge is 0.508 e. The number of carbonyl (C=O) groups excluding carboxylic acids is 1. The Morgan fingerprint density at radius 3 is 2.49 bits per heavy atom. The van der Waals surface area contributed by atoms with Crippen LogP contribution in [0.15, 0.2) is 71.9 Å². The number of nitro benzene ring substituents is 1. The molecule has 1 aliphatic heterocycles. The molecule has 1 heterocycles. The van der Waals surface area contributed by atoms with Crippen LogP contribution in [-0.4, -0.2) is 107 Å². The van der Waals surface area contributed by atoms with Crippen LogP contribution in [0.3, 0.4) is 0 Å². The van der Waals surface area contributed by atoms with E-state index in [1.165, 1.54) is 29.2 Å². The first kappa shape index (κ1) is 41.6. The molecule has 1 saturated carbocycles. The Morgan fingerprint density at radius 1 is 1.07 bits per heavy atom. The molecule has 0 radical (unpaired) electrons. The van der Waals surface area contributed by atoms with E-state index in [9.17, 15) is 35.3 Å². The fraction of sp³-hybridized carbons (Fsp3) is 0.550. The second-order valence-electron chi connectivity index (χ2n) is 13.9. The van der Waals surface area contributed by atoms with Gasteiger partial charge < -0.3 is 44.2 Å². The summed E-state index contributed by atoms with van der Waals surface area (Å²) in [7, 11) is 0. The van der Waals surface area contributed by atoms with E-state index in [2.05, 4.69) is 17.8 Å². The molecule has 0 spiro atoms. The summed E-state index contributed by atoms with van der Waals surface area (Å²) in [4.78, 5) is 32.4. The summed E-state index contributed by atoms with van der Waals surface area (Å²) in [6.45, 7) is 5.97. The van der Waals surface area contributed by atoms with Gasteiger partial charge in [-0.25, -0.2) is 4.79 Å². The number of oxime groups is 1. The highest BCUT2D eigenvalue weighted by molar-refractivity contribution is 6.03. The SMILES string of the molecule is C=CCOC12Oc3ccc(O)cc3C3C(CCCCO)C(CCCCO)C=C(C(=NOCC)CC1N(CCOCCO)C(=O)Oc1ccc([N+](=O)[O-])cc1)C32. The number of phenolic OH excluding ortho intramolecular Hbond substituents is 1. The van der Waals surface area contributed by atoms with Gasteiger partial charge in [0, 0.05) is 49.8 Å². The molecule has 3 aliphatic rings. The summed E-state index contributed by atoms with van der Waals surface area (Å²) in [5.41, 5.74) is 2.02. The molecule has 0 bridgehead atoms. The smallest absolute Gasteiger partial charge is 0.415 e. The number of aliphatic hydroxyl groups excluding tert-OH is 3. The first-order chi connectivity index (χ1) is 26.7. The predicted octanol–water partition coefficient (Wildman–Crippen LogP) is 5.46. The van der Waals surface area contributed by atoms with Crippen LogP contribution < -0.4 is 9.47 Å². The fourth-order valence-electron chi connectivity index (χ4n) is 8.30. The number of nitrogens with zero attached hydrogens (tertiary/aromatic N) is 3. The number of phenols is 1. The van der Waals surface area contributed by atoms with Gasteiger partial charge in [0.1, 0.15) is 29.9 Å². The van der Waals surface area contributed by atoms with Crippen LogP contribution in [0.5, 0.6) is 17.2 Å². The Bertz CT molecular complexity index is 1670. The van der Waals surface area contributed by atoms with Crippen molar-refractivity contribution in [2.45, 2.75) is 69.6 Å². The molecule has 2 aliphatic carbocycles. The van der Waals surface area contributed by atoms with Gasteiger partial charge in [0.05, 0.1) is 43.0 Å². The first-order valence-electron chi connectivity index (χ1n) is 19.0. The number of aliphatic hydroxyl groups is 3. The molecule has 1 amide bonds. The van der Waals surface area contributed by atoms with Gasteiger partial charge in [0.15, 0.2) is 0 Å². The normalized spacial score (nSPS) is 24.5. The number of aromatic hydroxyl groups is 1. The Kier molecular flexibility index (Phi) is 15.0. The monoisotopic (exact) mass is 767 g/mol. The highest BCUT2D eigenvalue weighted by atomic mass is 16.7. The van der Waals surface area contributed by atoms with Crippen LogP contribution in [0.1, 0.15) is 63.4 Å². The third kappa shape index (κ3) is 9.47. The quantitative estimate of drug-likeness (QED) is 0.0541. The van der Waals surface area contributed by atoms with E-state index in [1.807, 2.05) is 6.92 Å². The van der Waals surface area contributed by atoms with Gasteiger partial charge >= 0.3 is 6.09 Å². The van der Waals surface area contributed by atoms with Gasteiger partial charge in [-0.2, -0.15) is 0 Å². The van der Waals surface area contributed by atoms with Crippen molar-refractivity contribution in [2.24, 2.45) is 22.9 Å². The molecule has 0 saturated heterocycles. The maximum atomic E-state index is 14.5. The second kappa shape index (κ2) is 19.9. The molecular weight excluding hydrogens is 714 g/mol.